The average Bonchev–Trinajstić information content (AvgIpc) is 2.49. The van der Waals surface area contributed by atoms with Crippen LogP contribution in [0.25, 0.3) is 0 Å². The van der Waals surface area contributed by atoms with E-state index in [0.717, 1.165) is 0 Å². The number of amides is 2. The van der Waals surface area contributed by atoms with Crippen LogP contribution in [0.3, 0.4) is 0 Å². The van der Waals surface area contributed by atoms with Crippen LogP contribution >= 0.6 is 23.2 Å². The molecular formula is C15H18Cl2N2O3. The summed E-state index contributed by atoms with van der Waals surface area (Å²) < 4.78 is 0. The van der Waals surface area contributed by atoms with E-state index in [9.17, 15) is 14.7 Å². The average molecular weight is 345 g/mol. The summed E-state index contributed by atoms with van der Waals surface area (Å²) in [6.07, 6.45) is 0.996. The van der Waals surface area contributed by atoms with Gasteiger partial charge in [0.05, 0.1) is 16.8 Å². The van der Waals surface area contributed by atoms with E-state index in [0.29, 0.717) is 36.6 Å². The fourth-order valence-corrected chi connectivity index (χ4v) is 2.95. The summed E-state index contributed by atoms with van der Waals surface area (Å²) in [7, 11) is 0. The van der Waals surface area contributed by atoms with E-state index in [4.69, 9.17) is 23.2 Å². The predicted octanol–water partition coefficient (Wildman–Crippen LogP) is 2.55. The summed E-state index contributed by atoms with van der Waals surface area (Å²) in [4.78, 5) is 25.7. The van der Waals surface area contributed by atoms with Gasteiger partial charge in [0.15, 0.2) is 0 Å². The molecule has 2 N–H and O–H groups in total. The van der Waals surface area contributed by atoms with Crippen molar-refractivity contribution < 1.29 is 14.7 Å². The van der Waals surface area contributed by atoms with Gasteiger partial charge in [-0.2, -0.15) is 0 Å². The first-order valence-corrected chi connectivity index (χ1v) is 7.87. The third-order valence-corrected chi connectivity index (χ3v) is 4.43. The van der Waals surface area contributed by atoms with Gasteiger partial charge in [-0.25, -0.2) is 0 Å². The molecule has 0 aromatic heterocycles. The van der Waals surface area contributed by atoms with Crippen LogP contribution < -0.4 is 5.32 Å². The second kappa shape index (κ2) is 7.31. The second-order valence-electron chi connectivity index (χ2n) is 5.45. The van der Waals surface area contributed by atoms with Gasteiger partial charge in [-0.15, -0.1) is 0 Å². The SMILES string of the molecule is CC(O)C1CCN(C(=O)C(=O)Nc2ccc(Cl)cc2Cl)CC1. The van der Waals surface area contributed by atoms with Crippen molar-refractivity contribution in [2.45, 2.75) is 25.9 Å². The van der Waals surface area contributed by atoms with Crippen LogP contribution in [-0.4, -0.2) is 41.0 Å². The molecule has 120 valence electrons. The fourth-order valence-electron chi connectivity index (χ4n) is 2.50. The Morgan fingerprint density at radius 1 is 1.32 bits per heavy atom. The number of carbonyl (C=O) groups excluding carboxylic acids is 2. The first-order chi connectivity index (χ1) is 10.4. The predicted molar refractivity (Wildman–Crippen MR) is 86.1 cm³/mol. The maximum absolute atomic E-state index is 12.1. The molecule has 0 aliphatic carbocycles. The molecule has 2 amide bonds. The van der Waals surface area contributed by atoms with Crippen LogP contribution in [0.5, 0.6) is 0 Å². The number of likely N-dealkylation sites (tertiary alicyclic amines) is 1. The van der Waals surface area contributed by atoms with E-state index in [1.54, 1.807) is 19.1 Å². The van der Waals surface area contributed by atoms with Gasteiger partial charge in [0.25, 0.3) is 0 Å². The number of benzene rings is 1. The fraction of sp³-hybridized carbons (Fsp3) is 0.467. The highest BCUT2D eigenvalue weighted by molar-refractivity contribution is 6.42. The van der Waals surface area contributed by atoms with E-state index in [1.165, 1.54) is 11.0 Å². The van der Waals surface area contributed by atoms with Crippen LogP contribution in [-0.2, 0) is 9.59 Å². The van der Waals surface area contributed by atoms with E-state index >= 15 is 0 Å². The third-order valence-electron chi connectivity index (χ3n) is 3.88. The zero-order valence-corrected chi connectivity index (χ0v) is 13.7. The van der Waals surface area contributed by atoms with Gasteiger partial charge in [-0.05, 0) is 43.9 Å². The topological polar surface area (TPSA) is 69.6 Å². The van der Waals surface area contributed by atoms with Crippen LogP contribution in [0.4, 0.5) is 5.69 Å². The van der Waals surface area contributed by atoms with Crippen molar-refractivity contribution in [1.82, 2.24) is 4.90 Å². The summed E-state index contributed by atoms with van der Waals surface area (Å²) in [5, 5.41) is 12.8. The van der Waals surface area contributed by atoms with Crippen molar-refractivity contribution in [1.29, 1.82) is 0 Å². The molecule has 0 saturated carbocycles. The molecule has 1 heterocycles. The number of carbonyl (C=O) groups is 2. The summed E-state index contributed by atoms with van der Waals surface area (Å²) in [5.41, 5.74) is 0.350. The Hall–Kier alpha value is -1.30. The van der Waals surface area contributed by atoms with Gasteiger partial charge < -0.3 is 15.3 Å². The monoisotopic (exact) mass is 344 g/mol. The molecule has 1 atom stereocenters. The molecule has 1 saturated heterocycles. The molecule has 1 aromatic carbocycles. The largest absolute Gasteiger partial charge is 0.393 e. The molecule has 0 bridgehead atoms. The normalized spacial score (nSPS) is 17.2. The van der Waals surface area contributed by atoms with Gasteiger partial charge >= 0.3 is 11.8 Å². The molecule has 0 radical (unpaired) electrons. The van der Waals surface area contributed by atoms with Gasteiger partial charge in [0, 0.05) is 18.1 Å². The minimum Gasteiger partial charge on any atom is -0.393 e. The first-order valence-electron chi connectivity index (χ1n) is 7.12. The maximum atomic E-state index is 12.1. The highest BCUT2D eigenvalue weighted by Crippen LogP contribution is 2.26. The Morgan fingerprint density at radius 3 is 2.50 bits per heavy atom. The molecule has 2 rings (SSSR count). The highest BCUT2D eigenvalue weighted by Gasteiger charge is 2.28. The van der Waals surface area contributed by atoms with Crippen molar-refractivity contribution in [3.05, 3.63) is 28.2 Å². The van der Waals surface area contributed by atoms with Gasteiger partial charge in [0.2, 0.25) is 0 Å². The lowest BCUT2D eigenvalue weighted by atomic mass is 9.92. The van der Waals surface area contributed by atoms with Gasteiger partial charge in [-0.3, -0.25) is 9.59 Å². The zero-order valence-electron chi connectivity index (χ0n) is 12.2. The molecule has 7 heteroatoms. The number of nitrogens with zero attached hydrogens (tertiary/aromatic N) is 1. The molecule has 1 aromatic rings. The number of anilines is 1. The number of aliphatic hydroxyl groups excluding tert-OH is 1. The lowest BCUT2D eigenvalue weighted by Gasteiger charge is -2.32. The minimum atomic E-state index is -0.722. The Balaban J connectivity index is 1.94. The number of rotatable bonds is 2. The molecular weight excluding hydrogens is 327 g/mol. The number of hydrogen-bond acceptors (Lipinski definition) is 3. The molecule has 5 nitrogen and oxygen atoms in total. The lowest BCUT2D eigenvalue weighted by molar-refractivity contribution is -0.144. The first kappa shape index (κ1) is 17.1. The minimum absolute atomic E-state index is 0.179. The third kappa shape index (κ3) is 4.12. The van der Waals surface area contributed by atoms with Crippen molar-refractivity contribution in [2.24, 2.45) is 5.92 Å². The molecule has 1 fully saturated rings. The summed E-state index contributed by atoms with van der Waals surface area (Å²) in [6.45, 7) is 2.68. The summed E-state index contributed by atoms with van der Waals surface area (Å²) in [5.74, 6) is -1.13. The Labute approximate surface area is 139 Å². The van der Waals surface area contributed by atoms with Crippen LogP contribution in [0.1, 0.15) is 19.8 Å². The molecule has 1 aliphatic heterocycles. The van der Waals surface area contributed by atoms with Crippen LogP contribution in [0, 0.1) is 5.92 Å². The smallest absolute Gasteiger partial charge is 0.313 e. The Morgan fingerprint density at radius 2 is 1.95 bits per heavy atom. The van der Waals surface area contributed by atoms with E-state index in [-0.39, 0.29) is 17.0 Å². The van der Waals surface area contributed by atoms with Gasteiger partial charge in [0.1, 0.15) is 0 Å². The van der Waals surface area contributed by atoms with Gasteiger partial charge in [-0.1, -0.05) is 23.2 Å². The number of hydrogen-bond donors (Lipinski definition) is 2. The Kier molecular flexibility index (Phi) is 5.67. The number of aliphatic hydroxyl groups is 1. The van der Waals surface area contributed by atoms with Crippen LogP contribution in [0.15, 0.2) is 18.2 Å². The van der Waals surface area contributed by atoms with Crippen molar-refractivity contribution in [3.8, 4) is 0 Å². The number of nitrogens with one attached hydrogen (secondary N) is 1. The molecule has 1 unspecified atom stereocenters. The van der Waals surface area contributed by atoms with Crippen molar-refractivity contribution in [3.63, 3.8) is 0 Å². The summed E-state index contributed by atoms with van der Waals surface area (Å²) >= 11 is 11.8. The van der Waals surface area contributed by atoms with E-state index < -0.39 is 11.8 Å². The molecule has 1 aliphatic rings. The highest BCUT2D eigenvalue weighted by atomic mass is 35.5. The number of piperidine rings is 1. The molecule has 0 spiro atoms. The Bertz CT molecular complexity index is 570. The standard InChI is InChI=1S/C15H18Cl2N2O3/c1-9(20)10-4-6-19(7-5-10)15(22)14(21)18-13-3-2-11(16)8-12(13)17/h2-3,8-10,20H,4-7H2,1H3,(H,18,21). The maximum Gasteiger partial charge on any atom is 0.313 e. The zero-order chi connectivity index (χ0) is 16.3. The number of halogens is 2. The summed E-state index contributed by atoms with van der Waals surface area (Å²) in [6, 6.07) is 4.63. The second-order valence-corrected chi connectivity index (χ2v) is 6.29. The van der Waals surface area contributed by atoms with Crippen molar-refractivity contribution >= 4 is 40.7 Å². The van der Waals surface area contributed by atoms with E-state index in [1.807, 2.05) is 0 Å². The quantitative estimate of drug-likeness (QED) is 0.810. The lowest BCUT2D eigenvalue weighted by Crippen LogP contribution is -2.45. The van der Waals surface area contributed by atoms with Crippen molar-refractivity contribution in [2.75, 3.05) is 18.4 Å². The molecule has 22 heavy (non-hydrogen) atoms. The van der Waals surface area contributed by atoms with E-state index in [2.05, 4.69) is 5.32 Å². The van der Waals surface area contributed by atoms with Crippen LogP contribution in [0.2, 0.25) is 10.0 Å².